The summed E-state index contributed by atoms with van der Waals surface area (Å²) in [4.78, 5) is 15.0. The van der Waals surface area contributed by atoms with E-state index in [0.29, 0.717) is 23.7 Å². The number of aromatic amines is 1. The van der Waals surface area contributed by atoms with Crippen LogP contribution >= 0.6 is 11.6 Å². The molecule has 1 aliphatic rings. The Morgan fingerprint density at radius 3 is 2.64 bits per heavy atom. The number of hydrogen-bond donors (Lipinski definition) is 1. The van der Waals surface area contributed by atoms with E-state index in [9.17, 15) is 4.79 Å². The fraction of sp³-hybridized carbons (Fsp3) is 0.133. The average molecular weight is 496 g/mol. The molecule has 0 saturated carbocycles. The number of halogens is 2. The number of amides is 1. The molecular weight excluding hydrogens is 473 g/mol. The van der Waals surface area contributed by atoms with Crippen molar-refractivity contribution in [2.24, 2.45) is 0 Å². The van der Waals surface area contributed by atoms with Crippen LogP contribution in [0.3, 0.4) is 0 Å². The number of benzene rings is 4. The summed E-state index contributed by atoms with van der Waals surface area (Å²) in [7, 11) is 0. The van der Waals surface area contributed by atoms with Gasteiger partial charge in [0.25, 0.3) is 0 Å². The fourth-order valence-corrected chi connectivity index (χ4v) is 5.23. The van der Waals surface area contributed by atoms with Crippen LogP contribution in [0.25, 0.3) is 33.2 Å². The highest BCUT2D eigenvalue weighted by Gasteiger charge is 2.24. The lowest BCUT2D eigenvalue weighted by atomic mass is 9.89. The van der Waals surface area contributed by atoms with Crippen molar-refractivity contribution >= 4 is 28.4 Å². The summed E-state index contributed by atoms with van der Waals surface area (Å²) in [5, 5.41) is 8.80. The van der Waals surface area contributed by atoms with Gasteiger partial charge in [-0.1, -0.05) is 72.3 Å². The molecule has 2 heterocycles. The minimum absolute atomic E-state index is 0.0461. The first-order chi connectivity index (χ1) is 17.6. The van der Waals surface area contributed by atoms with Crippen LogP contribution in [0.4, 0.5) is 4.39 Å². The quantitative estimate of drug-likeness (QED) is 0.297. The number of aromatic nitrogens is 2. The molecule has 36 heavy (non-hydrogen) atoms. The van der Waals surface area contributed by atoms with Gasteiger partial charge >= 0.3 is 0 Å². The van der Waals surface area contributed by atoms with Crippen LogP contribution in [-0.2, 0) is 24.2 Å². The minimum Gasteiger partial charge on any atom is -0.338 e. The summed E-state index contributed by atoms with van der Waals surface area (Å²) in [6.45, 7) is 1.15. The lowest BCUT2D eigenvalue weighted by molar-refractivity contribution is -0.131. The highest BCUT2D eigenvalue weighted by molar-refractivity contribution is 6.31. The molecule has 1 aromatic heterocycles. The standard InChI is InChI=1S/C30H23ClFN3O/c31-22-10-12-26-28(16-22)33-34-29(26)17-30(36)35-14-13-24-21(18-35)7-4-8-23(24)20-9-11-25(27(32)15-20)19-5-2-1-3-6-19/h1-12,15-16H,13-14,17-18H2,(H,33,34). The Morgan fingerprint density at radius 2 is 1.81 bits per heavy atom. The van der Waals surface area contributed by atoms with Crippen LogP contribution in [0.5, 0.6) is 0 Å². The van der Waals surface area contributed by atoms with E-state index in [0.717, 1.165) is 45.3 Å². The second-order valence-corrected chi connectivity index (χ2v) is 9.55. The number of carbonyl (C=O) groups is 1. The lowest BCUT2D eigenvalue weighted by Gasteiger charge is -2.30. The number of carbonyl (C=O) groups excluding carboxylic acids is 1. The first-order valence-corrected chi connectivity index (χ1v) is 12.3. The van der Waals surface area contributed by atoms with Gasteiger partial charge in [-0.3, -0.25) is 9.89 Å². The molecule has 0 bridgehead atoms. The first-order valence-electron chi connectivity index (χ1n) is 11.9. The fourth-order valence-electron chi connectivity index (χ4n) is 5.07. The van der Waals surface area contributed by atoms with E-state index in [1.807, 2.05) is 65.6 Å². The maximum Gasteiger partial charge on any atom is 0.228 e. The van der Waals surface area contributed by atoms with Crippen molar-refractivity contribution < 1.29 is 9.18 Å². The molecule has 1 amide bonds. The number of H-pyrrole nitrogens is 1. The zero-order valence-corrected chi connectivity index (χ0v) is 20.2. The Hall–Kier alpha value is -3.96. The van der Waals surface area contributed by atoms with E-state index in [1.165, 1.54) is 5.56 Å². The third-order valence-electron chi connectivity index (χ3n) is 6.91. The van der Waals surface area contributed by atoms with Crippen LogP contribution in [0.2, 0.25) is 5.02 Å². The number of nitrogens with one attached hydrogen (secondary N) is 1. The first kappa shape index (κ1) is 22.5. The molecule has 6 rings (SSSR count). The Balaban J connectivity index is 1.23. The third kappa shape index (κ3) is 4.16. The van der Waals surface area contributed by atoms with E-state index in [2.05, 4.69) is 16.3 Å². The summed E-state index contributed by atoms with van der Waals surface area (Å²) in [5.74, 6) is -0.193. The lowest BCUT2D eigenvalue weighted by Crippen LogP contribution is -2.37. The summed E-state index contributed by atoms with van der Waals surface area (Å²) >= 11 is 6.05. The van der Waals surface area contributed by atoms with Crippen molar-refractivity contribution in [1.82, 2.24) is 15.1 Å². The molecule has 6 heteroatoms. The normalized spacial score (nSPS) is 13.1. The second-order valence-electron chi connectivity index (χ2n) is 9.11. The molecule has 0 radical (unpaired) electrons. The van der Waals surface area contributed by atoms with Crippen molar-refractivity contribution in [3.63, 3.8) is 0 Å². The van der Waals surface area contributed by atoms with Crippen LogP contribution in [0, 0.1) is 5.82 Å². The van der Waals surface area contributed by atoms with Crippen molar-refractivity contribution in [2.45, 2.75) is 19.4 Å². The largest absolute Gasteiger partial charge is 0.338 e. The van der Waals surface area contributed by atoms with Crippen molar-refractivity contribution in [3.05, 3.63) is 113 Å². The Morgan fingerprint density at radius 1 is 0.944 bits per heavy atom. The Kier molecular flexibility index (Phi) is 5.78. The molecule has 0 atom stereocenters. The van der Waals surface area contributed by atoms with Crippen LogP contribution in [0.1, 0.15) is 16.8 Å². The highest BCUT2D eigenvalue weighted by Crippen LogP contribution is 2.33. The summed E-state index contributed by atoms with van der Waals surface area (Å²) in [6.07, 6.45) is 0.970. The molecule has 0 fully saturated rings. The molecular formula is C30H23ClFN3O. The topological polar surface area (TPSA) is 49.0 Å². The maximum atomic E-state index is 15.1. The molecule has 0 unspecified atom stereocenters. The molecule has 1 aliphatic heterocycles. The van der Waals surface area contributed by atoms with Crippen molar-refractivity contribution in [2.75, 3.05) is 6.54 Å². The summed E-state index contributed by atoms with van der Waals surface area (Å²) in [5.41, 5.74) is 7.15. The number of hydrogen-bond acceptors (Lipinski definition) is 2. The van der Waals surface area contributed by atoms with Gasteiger partial charge in [0, 0.05) is 29.1 Å². The molecule has 0 saturated heterocycles. The van der Waals surface area contributed by atoms with Crippen molar-refractivity contribution in [3.8, 4) is 22.3 Å². The Labute approximate surface area is 213 Å². The van der Waals surface area contributed by atoms with Gasteiger partial charge in [-0.25, -0.2) is 4.39 Å². The smallest absolute Gasteiger partial charge is 0.228 e. The molecule has 5 aromatic rings. The van der Waals surface area contributed by atoms with E-state index in [4.69, 9.17) is 11.6 Å². The van der Waals surface area contributed by atoms with Crippen molar-refractivity contribution in [1.29, 1.82) is 0 Å². The monoisotopic (exact) mass is 495 g/mol. The SMILES string of the molecule is O=C(Cc1[nH]nc2cc(Cl)ccc12)N1CCc2c(cccc2-c2ccc(-c3ccccc3)c(F)c2)C1. The molecule has 4 aromatic carbocycles. The zero-order valence-electron chi connectivity index (χ0n) is 19.5. The summed E-state index contributed by atoms with van der Waals surface area (Å²) in [6, 6.07) is 26.6. The van der Waals surface area contributed by atoms with Gasteiger partial charge in [-0.15, -0.1) is 0 Å². The van der Waals surface area contributed by atoms with E-state index >= 15 is 4.39 Å². The average Bonchev–Trinajstić information content (AvgIpc) is 3.29. The number of rotatable bonds is 4. The zero-order chi connectivity index (χ0) is 24.6. The van der Waals surface area contributed by atoms with Gasteiger partial charge in [0.05, 0.1) is 17.6 Å². The van der Waals surface area contributed by atoms with Crippen LogP contribution < -0.4 is 0 Å². The predicted molar refractivity (Wildman–Crippen MR) is 141 cm³/mol. The summed E-state index contributed by atoms with van der Waals surface area (Å²) < 4.78 is 15.1. The van der Waals surface area contributed by atoms with Gasteiger partial charge in [0.1, 0.15) is 5.82 Å². The Bertz CT molecular complexity index is 1600. The van der Waals surface area contributed by atoms with E-state index < -0.39 is 0 Å². The van der Waals surface area contributed by atoms with Gasteiger partial charge in [0.2, 0.25) is 5.91 Å². The van der Waals surface area contributed by atoms with Gasteiger partial charge in [0.15, 0.2) is 0 Å². The van der Waals surface area contributed by atoms with E-state index in [-0.39, 0.29) is 18.1 Å². The van der Waals surface area contributed by atoms with Crippen LogP contribution in [-0.4, -0.2) is 27.5 Å². The maximum absolute atomic E-state index is 15.1. The minimum atomic E-state index is -0.239. The predicted octanol–water partition coefficient (Wildman–Crippen LogP) is 6.82. The molecule has 0 spiro atoms. The van der Waals surface area contributed by atoms with E-state index in [1.54, 1.807) is 18.2 Å². The molecule has 4 nitrogen and oxygen atoms in total. The molecule has 178 valence electrons. The molecule has 1 N–H and O–H groups in total. The number of fused-ring (bicyclic) bond motifs is 2. The number of nitrogens with zero attached hydrogens (tertiary/aromatic N) is 2. The second kappa shape index (κ2) is 9.25. The van der Waals surface area contributed by atoms with Gasteiger partial charge in [-0.2, -0.15) is 5.10 Å². The van der Waals surface area contributed by atoms with Crippen LogP contribution in [0.15, 0.2) is 84.9 Å². The third-order valence-corrected chi connectivity index (χ3v) is 7.14. The van der Waals surface area contributed by atoms with Gasteiger partial charge < -0.3 is 4.90 Å². The molecule has 0 aliphatic carbocycles. The van der Waals surface area contributed by atoms with Gasteiger partial charge in [-0.05, 0) is 58.5 Å². The highest BCUT2D eigenvalue weighted by atomic mass is 35.5.